The third kappa shape index (κ3) is 4.29. The first-order valence-corrected chi connectivity index (χ1v) is 6.09. The number of rotatable bonds is 4. The van der Waals surface area contributed by atoms with Crippen molar-refractivity contribution in [3.05, 3.63) is 66.0 Å². The maximum atomic E-state index is 13.3. The fourth-order valence-corrected chi connectivity index (χ4v) is 1.54. The Bertz CT molecular complexity index is 634. The van der Waals surface area contributed by atoms with Gasteiger partial charge in [-0.05, 0) is 24.3 Å². The summed E-state index contributed by atoms with van der Waals surface area (Å²) in [5.41, 5.74) is 7.02. The molecule has 0 aliphatic rings. The number of para-hydroxylation sites is 1. The fraction of sp³-hybridized carbons (Fsp3) is 0. The van der Waals surface area contributed by atoms with Crippen LogP contribution in [0.25, 0.3) is 0 Å². The van der Waals surface area contributed by atoms with Crippen LogP contribution in [0.3, 0.4) is 0 Å². The molecule has 0 radical (unpaired) electrons. The van der Waals surface area contributed by atoms with Crippen LogP contribution in [-0.4, -0.2) is 11.9 Å². The van der Waals surface area contributed by atoms with Gasteiger partial charge in [0, 0.05) is 5.69 Å². The number of carbonyl (C=O) groups excluding carboxylic acids is 2. The molecule has 2 aromatic rings. The van der Waals surface area contributed by atoms with Crippen molar-refractivity contribution in [1.82, 2.24) is 16.4 Å². The first-order chi connectivity index (χ1) is 10.2. The van der Waals surface area contributed by atoms with Gasteiger partial charge in [0.25, 0.3) is 5.91 Å². The molecule has 0 aliphatic carbocycles. The quantitative estimate of drug-likeness (QED) is 0.647. The lowest BCUT2D eigenvalue weighted by Gasteiger charge is -2.10. The second-order valence-electron chi connectivity index (χ2n) is 4.00. The SMILES string of the molecule is O=C(NNNC(=O)c1ccccc1F)Nc1ccccc1. The lowest BCUT2D eigenvalue weighted by Crippen LogP contribution is -2.50. The molecule has 0 saturated heterocycles. The van der Waals surface area contributed by atoms with Gasteiger partial charge in [-0.1, -0.05) is 30.3 Å². The Morgan fingerprint density at radius 1 is 0.857 bits per heavy atom. The monoisotopic (exact) mass is 288 g/mol. The average molecular weight is 288 g/mol. The van der Waals surface area contributed by atoms with Crippen LogP contribution in [0.5, 0.6) is 0 Å². The third-order valence-corrected chi connectivity index (χ3v) is 2.50. The van der Waals surface area contributed by atoms with Crippen molar-refractivity contribution in [2.45, 2.75) is 0 Å². The first-order valence-electron chi connectivity index (χ1n) is 6.09. The summed E-state index contributed by atoms with van der Waals surface area (Å²) in [7, 11) is 0. The van der Waals surface area contributed by atoms with Crippen LogP contribution in [-0.2, 0) is 0 Å². The summed E-state index contributed by atoms with van der Waals surface area (Å²) in [6.07, 6.45) is 0. The van der Waals surface area contributed by atoms with Crippen LogP contribution in [0.2, 0.25) is 0 Å². The molecule has 0 heterocycles. The number of hydrazine groups is 2. The number of carbonyl (C=O) groups is 2. The Labute approximate surface area is 120 Å². The van der Waals surface area contributed by atoms with Crippen molar-refractivity contribution in [1.29, 1.82) is 0 Å². The summed E-state index contributed by atoms with van der Waals surface area (Å²) in [6.45, 7) is 0. The van der Waals surface area contributed by atoms with Gasteiger partial charge in [0.15, 0.2) is 0 Å². The number of hydrogen-bond donors (Lipinski definition) is 4. The molecule has 0 aromatic heterocycles. The molecule has 108 valence electrons. The van der Waals surface area contributed by atoms with Crippen LogP contribution in [0.4, 0.5) is 14.9 Å². The molecule has 0 spiro atoms. The number of nitrogens with one attached hydrogen (secondary N) is 4. The summed E-state index contributed by atoms with van der Waals surface area (Å²) in [5, 5.41) is 2.53. The van der Waals surface area contributed by atoms with Gasteiger partial charge in [-0.3, -0.25) is 15.6 Å². The van der Waals surface area contributed by atoms with Crippen molar-refractivity contribution >= 4 is 17.6 Å². The number of hydrogen-bond acceptors (Lipinski definition) is 3. The molecule has 0 unspecified atom stereocenters. The standard InChI is InChI=1S/C14H13FN4O2/c15-12-9-5-4-8-11(12)13(20)17-19-18-14(21)16-10-6-2-1-3-7-10/h1-9,19H,(H,17,20)(H2,16,18,21). The molecule has 21 heavy (non-hydrogen) atoms. The molecule has 0 bridgehead atoms. The van der Waals surface area contributed by atoms with Gasteiger partial charge in [-0.2, -0.15) is 0 Å². The molecule has 3 amide bonds. The topological polar surface area (TPSA) is 82.3 Å². The Hall–Kier alpha value is -2.93. The minimum atomic E-state index is -0.701. The largest absolute Gasteiger partial charge is 0.334 e. The van der Waals surface area contributed by atoms with E-state index in [2.05, 4.69) is 21.7 Å². The van der Waals surface area contributed by atoms with Crippen LogP contribution in [0.15, 0.2) is 54.6 Å². The van der Waals surface area contributed by atoms with Gasteiger partial charge in [0.2, 0.25) is 0 Å². The predicted octanol–water partition coefficient (Wildman–Crippen LogP) is 1.80. The van der Waals surface area contributed by atoms with Gasteiger partial charge in [0.1, 0.15) is 5.82 Å². The Morgan fingerprint density at radius 3 is 2.24 bits per heavy atom. The van der Waals surface area contributed by atoms with Crippen molar-refractivity contribution in [3.8, 4) is 0 Å². The number of amides is 3. The molecule has 0 saturated carbocycles. The molecule has 4 N–H and O–H groups in total. The Kier molecular flexibility index (Phi) is 4.84. The molecular formula is C14H13FN4O2. The molecule has 2 aromatic carbocycles. The summed E-state index contributed by atoms with van der Waals surface area (Å²) >= 11 is 0. The van der Waals surface area contributed by atoms with E-state index in [4.69, 9.17) is 0 Å². The summed E-state index contributed by atoms with van der Waals surface area (Å²) in [4.78, 5) is 23.1. The number of anilines is 1. The number of urea groups is 1. The van der Waals surface area contributed by atoms with Gasteiger partial charge in [-0.25, -0.2) is 9.18 Å². The van der Waals surface area contributed by atoms with Gasteiger partial charge in [-0.15, -0.1) is 5.53 Å². The van der Waals surface area contributed by atoms with E-state index in [1.807, 2.05) is 6.07 Å². The van der Waals surface area contributed by atoms with Crippen molar-refractivity contribution in [3.63, 3.8) is 0 Å². The maximum Gasteiger partial charge on any atom is 0.334 e. The minimum Gasteiger partial charge on any atom is -0.307 e. The highest BCUT2D eigenvalue weighted by atomic mass is 19.1. The second-order valence-corrected chi connectivity index (χ2v) is 4.00. The third-order valence-electron chi connectivity index (χ3n) is 2.50. The van der Waals surface area contributed by atoms with Crippen LogP contribution < -0.4 is 21.7 Å². The van der Waals surface area contributed by atoms with E-state index in [0.29, 0.717) is 5.69 Å². The fourth-order valence-electron chi connectivity index (χ4n) is 1.54. The van der Waals surface area contributed by atoms with Crippen molar-refractivity contribution in [2.75, 3.05) is 5.32 Å². The zero-order valence-electron chi connectivity index (χ0n) is 10.9. The smallest absolute Gasteiger partial charge is 0.307 e. The lowest BCUT2D eigenvalue weighted by molar-refractivity contribution is 0.0923. The highest BCUT2D eigenvalue weighted by Gasteiger charge is 2.10. The van der Waals surface area contributed by atoms with E-state index in [0.717, 1.165) is 0 Å². The molecule has 2 rings (SSSR count). The summed E-state index contributed by atoms with van der Waals surface area (Å²) < 4.78 is 13.3. The zero-order chi connectivity index (χ0) is 15.1. The number of benzene rings is 2. The highest BCUT2D eigenvalue weighted by molar-refractivity contribution is 5.94. The molecular weight excluding hydrogens is 275 g/mol. The molecule has 7 heteroatoms. The Morgan fingerprint density at radius 2 is 1.52 bits per heavy atom. The minimum absolute atomic E-state index is 0.129. The van der Waals surface area contributed by atoms with E-state index < -0.39 is 17.8 Å². The average Bonchev–Trinajstić information content (AvgIpc) is 2.48. The second kappa shape index (κ2) is 7.01. The van der Waals surface area contributed by atoms with Crippen LogP contribution >= 0.6 is 0 Å². The van der Waals surface area contributed by atoms with E-state index >= 15 is 0 Å². The molecule has 0 atom stereocenters. The maximum absolute atomic E-state index is 13.3. The van der Waals surface area contributed by atoms with E-state index in [1.54, 1.807) is 24.3 Å². The van der Waals surface area contributed by atoms with Gasteiger partial charge < -0.3 is 5.32 Å². The Balaban J connectivity index is 1.78. The van der Waals surface area contributed by atoms with E-state index in [1.165, 1.54) is 24.3 Å². The molecule has 0 aliphatic heterocycles. The summed E-state index contributed by atoms with van der Waals surface area (Å²) in [5.74, 6) is -1.35. The molecule has 0 fully saturated rings. The van der Waals surface area contributed by atoms with E-state index in [-0.39, 0.29) is 5.56 Å². The van der Waals surface area contributed by atoms with Crippen LogP contribution in [0.1, 0.15) is 10.4 Å². The first kappa shape index (κ1) is 14.5. The van der Waals surface area contributed by atoms with Crippen LogP contribution in [0, 0.1) is 5.82 Å². The van der Waals surface area contributed by atoms with E-state index in [9.17, 15) is 14.0 Å². The van der Waals surface area contributed by atoms with Crippen molar-refractivity contribution in [2.24, 2.45) is 0 Å². The summed E-state index contributed by atoms with van der Waals surface area (Å²) in [6, 6.07) is 13.7. The van der Waals surface area contributed by atoms with Crippen molar-refractivity contribution < 1.29 is 14.0 Å². The normalized spacial score (nSPS) is 9.76. The highest BCUT2D eigenvalue weighted by Crippen LogP contribution is 2.05. The zero-order valence-corrected chi connectivity index (χ0v) is 10.9. The van der Waals surface area contributed by atoms with Gasteiger partial charge in [0.05, 0.1) is 5.56 Å². The molecule has 6 nitrogen and oxygen atoms in total. The number of halogens is 1. The lowest BCUT2D eigenvalue weighted by atomic mass is 10.2. The predicted molar refractivity (Wildman–Crippen MR) is 75.6 cm³/mol. The van der Waals surface area contributed by atoms with Gasteiger partial charge >= 0.3 is 6.03 Å².